The summed E-state index contributed by atoms with van der Waals surface area (Å²) < 4.78 is 0. The maximum atomic E-state index is 5.59. The number of hydrogen-bond donors (Lipinski definition) is 1. The zero-order chi connectivity index (χ0) is 12.6. The van der Waals surface area contributed by atoms with Crippen molar-refractivity contribution < 1.29 is 0 Å². The van der Waals surface area contributed by atoms with Gasteiger partial charge in [-0.3, -0.25) is 4.98 Å². The Morgan fingerprint density at radius 3 is 2.61 bits per heavy atom. The van der Waals surface area contributed by atoms with E-state index in [1.807, 2.05) is 18.2 Å². The minimum Gasteiger partial charge on any atom is -0.351 e. The van der Waals surface area contributed by atoms with Crippen LogP contribution in [-0.4, -0.2) is 23.1 Å². The minimum absolute atomic E-state index is 0.686. The van der Waals surface area contributed by atoms with E-state index in [2.05, 4.69) is 27.0 Å². The van der Waals surface area contributed by atoms with E-state index in [4.69, 9.17) is 5.73 Å². The van der Waals surface area contributed by atoms with Gasteiger partial charge >= 0.3 is 0 Å². The number of aromatic nitrogens is 2. The Labute approximate surface area is 107 Å². The van der Waals surface area contributed by atoms with Crippen LogP contribution in [0.4, 0.5) is 5.82 Å². The number of nitrogens with two attached hydrogens (primary N) is 1. The van der Waals surface area contributed by atoms with E-state index >= 15 is 0 Å². The molecule has 0 amide bonds. The Morgan fingerprint density at radius 2 is 1.94 bits per heavy atom. The Bertz CT molecular complexity index is 444. The second kappa shape index (κ2) is 6.71. The van der Waals surface area contributed by atoms with Gasteiger partial charge in [0.2, 0.25) is 0 Å². The predicted octanol–water partition coefficient (Wildman–Crippen LogP) is 1.83. The Hall–Kier alpha value is -1.94. The average Bonchev–Trinajstić information content (AvgIpc) is 2.45. The molecule has 0 aliphatic rings. The van der Waals surface area contributed by atoms with E-state index in [0.717, 1.165) is 25.3 Å². The summed E-state index contributed by atoms with van der Waals surface area (Å²) in [4.78, 5) is 10.7. The number of hydrogen-bond acceptors (Lipinski definition) is 4. The topological polar surface area (TPSA) is 55.0 Å². The van der Waals surface area contributed by atoms with Crippen LogP contribution in [0, 0.1) is 0 Å². The number of nitrogens with zero attached hydrogens (tertiary/aromatic N) is 3. The summed E-state index contributed by atoms with van der Waals surface area (Å²) in [6.45, 7) is 2.41. The van der Waals surface area contributed by atoms with Gasteiger partial charge in [0.1, 0.15) is 5.82 Å². The third-order valence-electron chi connectivity index (χ3n) is 2.72. The SMILES string of the molecule is NCCCN(Cc1ccccc1)c1cnccn1. The molecule has 2 N–H and O–H groups in total. The van der Waals surface area contributed by atoms with Crippen LogP contribution in [0.25, 0.3) is 0 Å². The molecule has 2 rings (SSSR count). The van der Waals surface area contributed by atoms with Gasteiger partial charge in [0, 0.05) is 25.5 Å². The summed E-state index contributed by atoms with van der Waals surface area (Å²) in [6, 6.07) is 10.4. The lowest BCUT2D eigenvalue weighted by molar-refractivity contribution is 0.724. The van der Waals surface area contributed by atoms with Crippen LogP contribution in [0.1, 0.15) is 12.0 Å². The molecule has 4 nitrogen and oxygen atoms in total. The number of rotatable bonds is 6. The summed E-state index contributed by atoms with van der Waals surface area (Å²) in [5.41, 5.74) is 6.85. The molecule has 1 aromatic heterocycles. The van der Waals surface area contributed by atoms with E-state index in [0.29, 0.717) is 6.54 Å². The fraction of sp³-hybridized carbons (Fsp3) is 0.286. The summed E-state index contributed by atoms with van der Waals surface area (Å²) in [5.74, 6) is 0.898. The van der Waals surface area contributed by atoms with Crippen molar-refractivity contribution in [3.05, 3.63) is 54.5 Å². The first-order valence-corrected chi connectivity index (χ1v) is 6.15. The lowest BCUT2D eigenvalue weighted by Gasteiger charge is -2.23. The first kappa shape index (κ1) is 12.5. The highest BCUT2D eigenvalue weighted by molar-refractivity contribution is 5.36. The van der Waals surface area contributed by atoms with Gasteiger partial charge < -0.3 is 10.6 Å². The standard InChI is InChI=1S/C14H18N4/c15-7-4-10-18(14-11-16-8-9-17-14)12-13-5-2-1-3-6-13/h1-3,5-6,8-9,11H,4,7,10,12,15H2. The fourth-order valence-electron chi connectivity index (χ4n) is 1.82. The van der Waals surface area contributed by atoms with E-state index in [-0.39, 0.29) is 0 Å². The van der Waals surface area contributed by atoms with E-state index in [1.165, 1.54) is 5.56 Å². The molecule has 2 aromatic rings. The van der Waals surface area contributed by atoms with Crippen molar-refractivity contribution in [1.29, 1.82) is 0 Å². The molecule has 0 atom stereocenters. The van der Waals surface area contributed by atoms with Gasteiger partial charge in [-0.05, 0) is 18.5 Å². The molecule has 0 saturated carbocycles. The van der Waals surface area contributed by atoms with Gasteiger partial charge in [-0.25, -0.2) is 4.98 Å². The smallest absolute Gasteiger partial charge is 0.147 e. The number of benzene rings is 1. The zero-order valence-electron chi connectivity index (χ0n) is 10.4. The van der Waals surface area contributed by atoms with Crippen molar-refractivity contribution in [1.82, 2.24) is 9.97 Å². The molecule has 1 aromatic carbocycles. The fourth-order valence-corrected chi connectivity index (χ4v) is 1.82. The lowest BCUT2D eigenvalue weighted by atomic mass is 10.2. The van der Waals surface area contributed by atoms with E-state index in [1.54, 1.807) is 18.6 Å². The van der Waals surface area contributed by atoms with E-state index < -0.39 is 0 Å². The van der Waals surface area contributed by atoms with Crippen molar-refractivity contribution in [2.24, 2.45) is 5.73 Å². The highest BCUT2D eigenvalue weighted by Crippen LogP contribution is 2.13. The van der Waals surface area contributed by atoms with Gasteiger partial charge in [0.15, 0.2) is 0 Å². The predicted molar refractivity (Wildman–Crippen MR) is 73.2 cm³/mol. The van der Waals surface area contributed by atoms with Crippen molar-refractivity contribution in [2.45, 2.75) is 13.0 Å². The minimum atomic E-state index is 0.686. The second-order valence-electron chi connectivity index (χ2n) is 4.11. The molecule has 0 unspecified atom stereocenters. The zero-order valence-corrected chi connectivity index (χ0v) is 10.4. The highest BCUT2D eigenvalue weighted by atomic mass is 15.2. The van der Waals surface area contributed by atoms with Gasteiger partial charge in [-0.2, -0.15) is 0 Å². The summed E-state index contributed by atoms with van der Waals surface area (Å²) in [5, 5.41) is 0. The van der Waals surface area contributed by atoms with Crippen LogP contribution in [0.15, 0.2) is 48.9 Å². The van der Waals surface area contributed by atoms with Crippen LogP contribution in [-0.2, 0) is 6.54 Å². The highest BCUT2D eigenvalue weighted by Gasteiger charge is 2.07. The first-order valence-electron chi connectivity index (χ1n) is 6.15. The third kappa shape index (κ3) is 3.53. The molecule has 0 fully saturated rings. The third-order valence-corrected chi connectivity index (χ3v) is 2.72. The first-order chi connectivity index (χ1) is 8.90. The van der Waals surface area contributed by atoms with Crippen LogP contribution in [0.2, 0.25) is 0 Å². The number of anilines is 1. The van der Waals surface area contributed by atoms with E-state index in [9.17, 15) is 0 Å². The maximum absolute atomic E-state index is 5.59. The maximum Gasteiger partial charge on any atom is 0.147 e. The molecule has 0 saturated heterocycles. The summed E-state index contributed by atoms with van der Waals surface area (Å²) in [7, 11) is 0. The Kier molecular flexibility index (Phi) is 4.67. The lowest BCUT2D eigenvalue weighted by Crippen LogP contribution is -2.26. The van der Waals surface area contributed by atoms with Crippen LogP contribution in [0.3, 0.4) is 0 Å². The summed E-state index contributed by atoms with van der Waals surface area (Å²) >= 11 is 0. The van der Waals surface area contributed by atoms with Crippen molar-refractivity contribution in [3.8, 4) is 0 Å². The molecule has 18 heavy (non-hydrogen) atoms. The molecule has 0 spiro atoms. The van der Waals surface area contributed by atoms with Gasteiger partial charge in [-0.1, -0.05) is 30.3 Å². The molecule has 0 aliphatic heterocycles. The molecule has 4 heteroatoms. The molecule has 0 radical (unpaired) electrons. The van der Waals surface area contributed by atoms with Gasteiger partial charge in [-0.15, -0.1) is 0 Å². The Balaban J connectivity index is 2.10. The monoisotopic (exact) mass is 242 g/mol. The summed E-state index contributed by atoms with van der Waals surface area (Å²) in [6.07, 6.45) is 6.14. The van der Waals surface area contributed by atoms with Gasteiger partial charge in [0.05, 0.1) is 6.20 Å². The van der Waals surface area contributed by atoms with Gasteiger partial charge in [0.25, 0.3) is 0 Å². The molecular weight excluding hydrogens is 224 g/mol. The molecule has 0 bridgehead atoms. The quantitative estimate of drug-likeness (QED) is 0.839. The van der Waals surface area contributed by atoms with Crippen molar-refractivity contribution in [3.63, 3.8) is 0 Å². The van der Waals surface area contributed by atoms with Crippen molar-refractivity contribution in [2.75, 3.05) is 18.0 Å². The Morgan fingerprint density at radius 1 is 1.11 bits per heavy atom. The molecular formula is C14H18N4. The normalized spacial score (nSPS) is 10.3. The van der Waals surface area contributed by atoms with Crippen molar-refractivity contribution >= 4 is 5.82 Å². The molecule has 1 heterocycles. The van der Waals surface area contributed by atoms with Crippen LogP contribution < -0.4 is 10.6 Å². The van der Waals surface area contributed by atoms with Crippen LogP contribution in [0.5, 0.6) is 0 Å². The molecule has 0 aliphatic carbocycles. The van der Waals surface area contributed by atoms with Crippen LogP contribution >= 0.6 is 0 Å². The second-order valence-corrected chi connectivity index (χ2v) is 4.11. The largest absolute Gasteiger partial charge is 0.351 e. The average molecular weight is 242 g/mol. The molecule has 94 valence electrons.